The van der Waals surface area contributed by atoms with Gasteiger partial charge in [0.15, 0.2) is 0 Å². The van der Waals surface area contributed by atoms with Gasteiger partial charge in [0.1, 0.15) is 11.6 Å². The first-order chi connectivity index (χ1) is 13.4. The van der Waals surface area contributed by atoms with Gasteiger partial charge in [-0.2, -0.15) is 0 Å². The molecule has 1 amide bonds. The van der Waals surface area contributed by atoms with Crippen molar-refractivity contribution in [3.8, 4) is 0 Å². The Morgan fingerprint density at radius 2 is 1.64 bits per heavy atom. The lowest BCUT2D eigenvalue weighted by atomic mass is 9.97. The lowest BCUT2D eigenvalue weighted by Gasteiger charge is -2.28. The van der Waals surface area contributed by atoms with E-state index in [2.05, 4.69) is 5.32 Å². The highest BCUT2D eigenvalue weighted by Gasteiger charge is 2.21. The molecule has 28 heavy (non-hydrogen) atoms. The number of nitrogens with zero attached hydrogens (tertiary/aromatic N) is 1. The van der Waals surface area contributed by atoms with Crippen LogP contribution in [-0.4, -0.2) is 24.4 Å². The zero-order valence-electron chi connectivity index (χ0n) is 15.2. The number of hydrogen-bond acceptors (Lipinski definition) is 2. The van der Waals surface area contributed by atoms with Crippen LogP contribution in [0.25, 0.3) is 0 Å². The van der Waals surface area contributed by atoms with E-state index in [9.17, 15) is 13.6 Å². The number of likely N-dealkylation sites (N-methyl/N-ethyl adjacent to an activating group) is 1. The topological polar surface area (TPSA) is 32.3 Å². The molecule has 144 valence electrons. The molecule has 3 aromatic carbocycles. The second-order valence-corrected chi connectivity index (χ2v) is 6.89. The smallest absolute Gasteiger partial charge is 0.238 e. The van der Waals surface area contributed by atoms with Gasteiger partial charge in [-0.25, -0.2) is 8.78 Å². The molecule has 0 radical (unpaired) electrons. The van der Waals surface area contributed by atoms with Crippen LogP contribution in [0.1, 0.15) is 17.2 Å². The Hall–Kier alpha value is -2.76. The second-order valence-electron chi connectivity index (χ2n) is 6.45. The van der Waals surface area contributed by atoms with Gasteiger partial charge < -0.3 is 5.32 Å². The zero-order chi connectivity index (χ0) is 20.1. The molecule has 1 unspecified atom stereocenters. The van der Waals surface area contributed by atoms with Gasteiger partial charge in [0.25, 0.3) is 0 Å². The predicted molar refractivity (Wildman–Crippen MR) is 107 cm³/mol. The number of hydrogen-bond donors (Lipinski definition) is 1. The van der Waals surface area contributed by atoms with Gasteiger partial charge >= 0.3 is 0 Å². The third-order valence-corrected chi connectivity index (χ3v) is 4.58. The van der Waals surface area contributed by atoms with Crippen molar-refractivity contribution < 1.29 is 13.6 Å². The van der Waals surface area contributed by atoms with Crippen molar-refractivity contribution in [1.82, 2.24) is 4.90 Å². The van der Waals surface area contributed by atoms with Crippen LogP contribution in [0.15, 0.2) is 72.8 Å². The maximum absolute atomic E-state index is 13.9. The van der Waals surface area contributed by atoms with Crippen molar-refractivity contribution in [2.24, 2.45) is 0 Å². The van der Waals surface area contributed by atoms with Crippen LogP contribution in [0, 0.1) is 11.6 Å². The van der Waals surface area contributed by atoms with E-state index in [1.165, 1.54) is 24.3 Å². The fourth-order valence-corrected chi connectivity index (χ4v) is 3.24. The van der Waals surface area contributed by atoms with Crippen LogP contribution in [0.2, 0.25) is 5.02 Å². The molecule has 0 saturated carbocycles. The van der Waals surface area contributed by atoms with Crippen LogP contribution in [-0.2, 0) is 4.79 Å². The van der Waals surface area contributed by atoms with E-state index in [0.717, 1.165) is 17.2 Å². The summed E-state index contributed by atoms with van der Waals surface area (Å²) in [5, 5.41) is 2.82. The maximum Gasteiger partial charge on any atom is 0.238 e. The number of halogens is 3. The fraction of sp³-hybridized carbons (Fsp3) is 0.136. The SMILES string of the molecule is CN(CC(=O)Nc1ccc(Cl)cc1F)C(c1ccccc1)c1ccc(F)cc1. The van der Waals surface area contributed by atoms with E-state index < -0.39 is 5.82 Å². The lowest BCUT2D eigenvalue weighted by molar-refractivity contribution is -0.117. The molecule has 6 heteroatoms. The summed E-state index contributed by atoms with van der Waals surface area (Å²) in [7, 11) is 1.79. The average molecular weight is 401 g/mol. The van der Waals surface area contributed by atoms with Crippen LogP contribution in [0.5, 0.6) is 0 Å². The Morgan fingerprint density at radius 3 is 2.29 bits per heavy atom. The Morgan fingerprint density at radius 1 is 1.00 bits per heavy atom. The summed E-state index contributed by atoms with van der Waals surface area (Å²) in [5.74, 6) is -1.29. The van der Waals surface area contributed by atoms with E-state index >= 15 is 0 Å². The van der Waals surface area contributed by atoms with Gasteiger partial charge in [-0.05, 0) is 48.5 Å². The molecule has 0 aliphatic heterocycles. The number of amides is 1. The van der Waals surface area contributed by atoms with Gasteiger partial charge in [0.05, 0.1) is 18.3 Å². The van der Waals surface area contributed by atoms with E-state index in [1.807, 2.05) is 35.2 Å². The predicted octanol–water partition coefficient (Wildman–Crippen LogP) is 5.28. The van der Waals surface area contributed by atoms with E-state index in [0.29, 0.717) is 0 Å². The number of carbonyl (C=O) groups excluding carboxylic acids is 1. The highest BCUT2D eigenvalue weighted by molar-refractivity contribution is 6.30. The highest BCUT2D eigenvalue weighted by Crippen LogP contribution is 2.28. The molecule has 0 fully saturated rings. The minimum absolute atomic E-state index is 0.0129. The van der Waals surface area contributed by atoms with Crippen molar-refractivity contribution in [2.45, 2.75) is 6.04 Å². The molecule has 1 atom stereocenters. The van der Waals surface area contributed by atoms with Crippen molar-refractivity contribution in [1.29, 1.82) is 0 Å². The molecule has 3 rings (SSSR count). The average Bonchev–Trinajstić information content (AvgIpc) is 2.67. The number of anilines is 1. The Labute approximate surface area is 167 Å². The number of nitrogens with one attached hydrogen (secondary N) is 1. The fourth-order valence-electron chi connectivity index (χ4n) is 3.08. The standard InChI is InChI=1S/C22H19ClF2N2O/c1-27(14-21(28)26-20-12-9-17(23)13-19(20)25)22(15-5-3-2-4-6-15)16-7-10-18(24)11-8-16/h2-13,22H,14H2,1H3,(H,26,28). The summed E-state index contributed by atoms with van der Waals surface area (Å²) in [4.78, 5) is 14.3. The molecule has 0 aliphatic carbocycles. The number of rotatable bonds is 6. The minimum atomic E-state index is -0.596. The first-order valence-electron chi connectivity index (χ1n) is 8.69. The van der Waals surface area contributed by atoms with E-state index in [4.69, 9.17) is 11.6 Å². The third-order valence-electron chi connectivity index (χ3n) is 4.34. The summed E-state index contributed by atoms with van der Waals surface area (Å²) >= 11 is 5.74. The monoisotopic (exact) mass is 400 g/mol. The third kappa shape index (κ3) is 4.94. The summed E-state index contributed by atoms with van der Waals surface area (Å²) in [5.41, 5.74) is 1.88. The van der Waals surface area contributed by atoms with Gasteiger partial charge in [-0.3, -0.25) is 9.69 Å². The van der Waals surface area contributed by atoms with E-state index in [-0.39, 0.29) is 35.0 Å². The van der Waals surface area contributed by atoms with Crippen LogP contribution >= 0.6 is 11.6 Å². The first-order valence-corrected chi connectivity index (χ1v) is 9.07. The molecule has 0 aliphatic rings. The lowest BCUT2D eigenvalue weighted by Crippen LogP contribution is -2.34. The molecule has 3 nitrogen and oxygen atoms in total. The molecular formula is C22H19ClF2N2O. The molecular weight excluding hydrogens is 382 g/mol. The molecule has 3 aromatic rings. The largest absolute Gasteiger partial charge is 0.322 e. The quantitative estimate of drug-likeness (QED) is 0.610. The second kappa shape index (κ2) is 8.95. The Bertz CT molecular complexity index is 949. The summed E-state index contributed by atoms with van der Waals surface area (Å²) in [6.45, 7) is 0.0129. The first kappa shape index (κ1) is 20.0. The van der Waals surface area contributed by atoms with Crippen molar-refractivity contribution in [2.75, 3.05) is 18.9 Å². The van der Waals surface area contributed by atoms with Crippen molar-refractivity contribution in [3.05, 3.63) is 101 Å². The summed E-state index contributed by atoms with van der Waals surface area (Å²) in [6, 6.07) is 19.6. The number of carbonyl (C=O) groups is 1. The van der Waals surface area contributed by atoms with Gasteiger partial charge in [-0.15, -0.1) is 0 Å². The molecule has 0 bridgehead atoms. The normalized spacial score (nSPS) is 12.0. The summed E-state index contributed by atoms with van der Waals surface area (Å²) < 4.78 is 27.3. The molecule has 0 aromatic heterocycles. The van der Waals surface area contributed by atoms with Crippen molar-refractivity contribution >= 4 is 23.2 Å². The van der Waals surface area contributed by atoms with Gasteiger partial charge in [0.2, 0.25) is 5.91 Å². The van der Waals surface area contributed by atoms with Gasteiger partial charge in [-0.1, -0.05) is 54.1 Å². The molecule has 1 N–H and O–H groups in total. The minimum Gasteiger partial charge on any atom is -0.322 e. The summed E-state index contributed by atoms with van der Waals surface area (Å²) in [6.07, 6.45) is 0. The van der Waals surface area contributed by atoms with Crippen LogP contribution in [0.3, 0.4) is 0 Å². The van der Waals surface area contributed by atoms with Crippen molar-refractivity contribution in [3.63, 3.8) is 0 Å². The molecule has 0 saturated heterocycles. The Kier molecular flexibility index (Phi) is 6.39. The zero-order valence-corrected chi connectivity index (χ0v) is 16.0. The highest BCUT2D eigenvalue weighted by atomic mass is 35.5. The van der Waals surface area contributed by atoms with Crippen LogP contribution < -0.4 is 5.32 Å². The van der Waals surface area contributed by atoms with Crippen LogP contribution in [0.4, 0.5) is 14.5 Å². The van der Waals surface area contributed by atoms with Gasteiger partial charge in [0, 0.05) is 5.02 Å². The molecule has 0 spiro atoms. The van der Waals surface area contributed by atoms with E-state index in [1.54, 1.807) is 19.2 Å². The number of benzene rings is 3. The molecule has 0 heterocycles. The maximum atomic E-state index is 13.9. The Balaban J connectivity index is 1.80.